The molecular formula is C7H10N2O4S. The van der Waals surface area contributed by atoms with Gasteiger partial charge in [0.05, 0.1) is 17.7 Å². The fourth-order valence-electron chi connectivity index (χ4n) is 0.924. The Morgan fingerprint density at radius 1 is 1.36 bits per heavy atom. The molecule has 4 N–H and O–H groups in total. The molecule has 6 nitrogen and oxygen atoms in total. The average molecular weight is 218 g/mol. The smallest absolute Gasteiger partial charge is 0.312 e. The maximum absolute atomic E-state index is 11.1. The highest BCUT2D eigenvalue weighted by atomic mass is 32.2. The minimum Gasteiger partial charge on any atom is -0.495 e. The van der Waals surface area contributed by atoms with Gasteiger partial charge in [-0.2, -0.15) is 18.6 Å². The van der Waals surface area contributed by atoms with Crippen LogP contribution in [0.3, 0.4) is 0 Å². The molecule has 14 heavy (non-hydrogen) atoms. The van der Waals surface area contributed by atoms with Crippen LogP contribution in [0.25, 0.3) is 0 Å². The molecule has 0 heterocycles. The number of nitrogens with two attached hydrogens (primary N) is 2. The third-order valence-corrected chi connectivity index (χ3v) is 2.70. The van der Waals surface area contributed by atoms with E-state index in [-0.39, 0.29) is 10.6 Å². The molecule has 0 unspecified atom stereocenters. The summed E-state index contributed by atoms with van der Waals surface area (Å²) >= 11 is 0. The minimum atomic E-state index is -3.90. The maximum atomic E-state index is 11.1. The molecule has 1 rings (SSSR count). The number of hydrogen-bond acceptors (Lipinski definition) is 6. The molecule has 1 aromatic carbocycles. The van der Waals surface area contributed by atoms with Crippen LogP contribution in [0.4, 0.5) is 5.69 Å². The zero-order chi connectivity index (χ0) is 10.8. The molecule has 0 amide bonds. The fourth-order valence-corrected chi connectivity index (χ4v) is 1.54. The van der Waals surface area contributed by atoms with Crippen molar-refractivity contribution in [3.8, 4) is 5.75 Å². The summed E-state index contributed by atoms with van der Waals surface area (Å²) in [6, 6.07) is 3.92. The van der Waals surface area contributed by atoms with Gasteiger partial charge in [-0.3, -0.25) is 0 Å². The highest BCUT2D eigenvalue weighted by Crippen LogP contribution is 2.24. The Labute approximate surface area is 81.5 Å². The number of benzene rings is 1. The second-order valence-electron chi connectivity index (χ2n) is 2.45. The third kappa shape index (κ3) is 1.95. The van der Waals surface area contributed by atoms with E-state index in [9.17, 15) is 8.42 Å². The van der Waals surface area contributed by atoms with E-state index in [2.05, 4.69) is 10.2 Å². The normalized spacial score (nSPS) is 11.3. The average Bonchev–Trinajstić information content (AvgIpc) is 2.17. The van der Waals surface area contributed by atoms with E-state index in [1.54, 1.807) is 0 Å². The van der Waals surface area contributed by atoms with E-state index in [1.807, 2.05) is 0 Å². The first-order valence-corrected chi connectivity index (χ1v) is 4.99. The lowest BCUT2D eigenvalue weighted by atomic mass is 10.3. The van der Waals surface area contributed by atoms with Gasteiger partial charge in [-0.1, -0.05) is 0 Å². The Balaban J connectivity index is 3.22. The molecule has 0 saturated heterocycles. The highest BCUT2D eigenvalue weighted by Gasteiger charge is 2.15. The van der Waals surface area contributed by atoms with E-state index in [0.29, 0.717) is 5.75 Å². The predicted molar refractivity (Wildman–Crippen MR) is 49.9 cm³/mol. The molecule has 0 aromatic heterocycles. The second-order valence-corrected chi connectivity index (χ2v) is 4.03. The monoisotopic (exact) mass is 218 g/mol. The van der Waals surface area contributed by atoms with Gasteiger partial charge in [0.2, 0.25) is 0 Å². The number of rotatable bonds is 3. The molecule has 7 heteroatoms. The summed E-state index contributed by atoms with van der Waals surface area (Å²) in [5.74, 6) is 4.99. The van der Waals surface area contributed by atoms with Crippen LogP contribution in [-0.2, 0) is 14.4 Å². The molecule has 0 bridgehead atoms. The van der Waals surface area contributed by atoms with Gasteiger partial charge in [0.15, 0.2) is 0 Å². The first-order chi connectivity index (χ1) is 6.51. The Bertz CT molecular complexity index is 429. The van der Waals surface area contributed by atoms with Gasteiger partial charge in [0.25, 0.3) is 0 Å². The minimum absolute atomic E-state index is 0.113. The van der Waals surface area contributed by atoms with Crippen molar-refractivity contribution in [2.45, 2.75) is 4.90 Å². The fraction of sp³-hybridized carbons (Fsp3) is 0.143. The maximum Gasteiger partial charge on any atom is 0.312 e. The van der Waals surface area contributed by atoms with Gasteiger partial charge in [-0.25, -0.2) is 0 Å². The van der Waals surface area contributed by atoms with Crippen LogP contribution >= 0.6 is 0 Å². The second kappa shape index (κ2) is 3.82. The first kappa shape index (κ1) is 10.8. The Morgan fingerprint density at radius 2 is 2.00 bits per heavy atom. The van der Waals surface area contributed by atoms with E-state index >= 15 is 0 Å². The Kier molecular flexibility index (Phi) is 2.94. The number of hydrogen-bond donors (Lipinski definition) is 2. The standard InChI is InChI=1S/C7H10N2O4S/c1-12-7-3-2-5(4-6(7)8)14(10,11)13-9/h2-4H,8-9H2,1H3. The SMILES string of the molecule is COc1ccc(S(=O)(=O)ON)cc1N. The summed E-state index contributed by atoms with van der Waals surface area (Å²) < 4.78 is 30.9. The molecule has 0 fully saturated rings. The van der Waals surface area contributed by atoms with Gasteiger partial charge < -0.3 is 10.5 Å². The van der Waals surface area contributed by atoms with Gasteiger partial charge in [-0.15, -0.1) is 0 Å². The molecule has 0 aliphatic heterocycles. The Morgan fingerprint density at radius 3 is 2.43 bits per heavy atom. The summed E-state index contributed by atoms with van der Waals surface area (Å²) in [7, 11) is -2.47. The van der Waals surface area contributed by atoms with Gasteiger partial charge in [0, 0.05) is 0 Å². The summed E-state index contributed by atoms with van der Waals surface area (Å²) in [5, 5.41) is 0. The van der Waals surface area contributed by atoms with Crippen molar-refractivity contribution in [2.24, 2.45) is 5.90 Å². The zero-order valence-corrected chi connectivity index (χ0v) is 8.24. The number of ether oxygens (including phenoxy) is 1. The summed E-state index contributed by atoms with van der Waals surface area (Å²) in [6.07, 6.45) is 0. The lowest BCUT2D eigenvalue weighted by molar-refractivity contribution is 0.333. The molecule has 0 saturated carbocycles. The van der Waals surface area contributed by atoms with Crippen molar-refractivity contribution in [1.82, 2.24) is 0 Å². The largest absolute Gasteiger partial charge is 0.495 e. The molecule has 0 atom stereocenters. The molecule has 1 aromatic rings. The molecule has 0 spiro atoms. The quantitative estimate of drug-likeness (QED) is 0.540. The summed E-state index contributed by atoms with van der Waals surface area (Å²) in [6.45, 7) is 0. The first-order valence-electron chi connectivity index (χ1n) is 3.58. The zero-order valence-electron chi connectivity index (χ0n) is 7.43. The summed E-state index contributed by atoms with van der Waals surface area (Å²) in [4.78, 5) is -0.113. The molecule has 0 aliphatic carbocycles. The van der Waals surface area contributed by atoms with E-state index in [1.165, 1.54) is 25.3 Å². The molecule has 0 radical (unpaired) electrons. The van der Waals surface area contributed by atoms with Crippen molar-refractivity contribution in [3.63, 3.8) is 0 Å². The van der Waals surface area contributed by atoms with Crippen molar-refractivity contribution < 1.29 is 17.4 Å². The van der Waals surface area contributed by atoms with Crippen LogP contribution in [0, 0.1) is 0 Å². The predicted octanol–water partition coefficient (Wildman–Crippen LogP) is -0.144. The van der Waals surface area contributed by atoms with Crippen molar-refractivity contribution >= 4 is 15.8 Å². The van der Waals surface area contributed by atoms with Gasteiger partial charge in [0.1, 0.15) is 5.75 Å². The lowest BCUT2D eigenvalue weighted by Gasteiger charge is -2.06. The Hall–Kier alpha value is -1.31. The van der Waals surface area contributed by atoms with Crippen molar-refractivity contribution in [1.29, 1.82) is 0 Å². The molecular weight excluding hydrogens is 208 g/mol. The summed E-state index contributed by atoms with van der Waals surface area (Å²) in [5.41, 5.74) is 5.70. The van der Waals surface area contributed by atoms with Crippen LogP contribution in [0.15, 0.2) is 23.1 Å². The van der Waals surface area contributed by atoms with Crippen LogP contribution in [0.1, 0.15) is 0 Å². The van der Waals surface area contributed by atoms with Gasteiger partial charge in [-0.05, 0) is 18.2 Å². The van der Waals surface area contributed by atoms with E-state index in [0.717, 1.165) is 0 Å². The third-order valence-electron chi connectivity index (χ3n) is 1.62. The van der Waals surface area contributed by atoms with E-state index < -0.39 is 10.1 Å². The highest BCUT2D eigenvalue weighted by molar-refractivity contribution is 7.86. The molecule has 78 valence electrons. The number of nitrogen functional groups attached to an aromatic ring is 1. The van der Waals surface area contributed by atoms with Crippen LogP contribution in [0.5, 0.6) is 5.75 Å². The lowest BCUT2D eigenvalue weighted by Crippen LogP contribution is -2.11. The van der Waals surface area contributed by atoms with Crippen LogP contribution in [0.2, 0.25) is 0 Å². The molecule has 0 aliphatic rings. The van der Waals surface area contributed by atoms with Crippen molar-refractivity contribution in [2.75, 3.05) is 12.8 Å². The van der Waals surface area contributed by atoms with Crippen LogP contribution in [-0.4, -0.2) is 15.5 Å². The number of anilines is 1. The van der Waals surface area contributed by atoms with E-state index in [4.69, 9.17) is 10.5 Å². The van der Waals surface area contributed by atoms with Crippen molar-refractivity contribution in [3.05, 3.63) is 18.2 Å². The number of methoxy groups -OCH3 is 1. The van der Waals surface area contributed by atoms with Crippen LogP contribution < -0.4 is 16.4 Å². The topological polar surface area (TPSA) is 105 Å². The van der Waals surface area contributed by atoms with Gasteiger partial charge >= 0.3 is 10.1 Å².